The summed E-state index contributed by atoms with van der Waals surface area (Å²) in [6.45, 7) is 6.40. The SMILES string of the molecule is CCC(C)CNCc1ccc2ccccc2n1. The van der Waals surface area contributed by atoms with Crippen molar-refractivity contribution in [1.29, 1.82) is 0 Å². The maximum atomic E-state index is 4.64. The highest BCUT2D eigenvalue weighted by molar-refractivity contribution is 5.78. The molecule has 0 saturated carbocycles. The Morgan fingerprint density at radius 3 is 2.82 bits per heavy atom. The van der Waals surface area contributed by atoms with Gasteiger partial charge in [0.2, 0.25) is 0 Å². The molecule has 0 aliphatic heterocycles. The second-order valence-electron chi connectivity index (χ2n) is 4.64. The molecule has 1 N–H and O–H groups in total. The monoisotopic (exact) mass is 228 g/mol. The standard InChI is InChI=1S/C15H20N2/c1-3-12(2)10-16-11-14-9-8-13-6-4-5-7-15(13)17-14/h4-9,12,16H,3,10-11H2,1-2H3. The third-order valence-electron chi connectivity index (χ3n) is 3.15. The lowest BCUT2D eigenvalue weighted by atomic mass is 10.1. The third kappa shape index (κ3) is 3.27. The van der Waals surface area contributed by atoms with Gasteiger partial charge in [0.05, 0.1) is 11.2 Å². The van der Waals surface area contributed by atoms with Gasteiger partial charge in [-0.15, -0.1) is 0 Å². The maximum Gasteiger partial charge on any atom is 0.0705 e. The zero-order valence-electron chi connectivity index (χ0n) is 10.6. The summed E-state index contributed by atoms with van der Waals surface area (Å²) in [6, 6.07) is 12.5. The largest absolute Gasteiger partial charge is 0.311 e. The molecule has 2 heteroatoms. The van der Waals surface area contributed by atoms with E-state index in [1.807, 2.05) is 12.1 Å². The molecule has 0 aliphatic carbocycles. The summed E-state index contributed by atoms with van der Waals surface area (Å²) in [5.41, 5.74) is 2.20. The van der Waals surface area contributed by atoms with Crippen molar-refractivity contribution in [3.8, 4) is 0 Å². The molecule has 0 aliphatic rings. The number of aromatic nitrogens is 1. The minimum Gasteiger partial charge on any atom is -0.311 e. The first-order valence-electron chi connectivity index (χ1n) is 6.35. The molecule has 1 aromatic heterocycles. The molecular weight excluding hydrogens is 208 g/mol. The molecule has 90 valence electrons. The van der Waals surface area contributed by atoms with Gasteiger partial charge in [0.1, 0.15) is 0 Å². The highest BCUT2D eigenvalue weighted by Gasteiger charge is 2.00. The zero-order valence-corrected chi connectivity index (χ0v) is 10.6. The predicted octanol–water partition coefficient (Wildman–Crippen LogP) is 3.37. The Morgan fingerprint density at radius 2 is 2.00 bits per heavy atom. The first-order chi connectivity index (χ1) is 8.29. The summed E-state index contributed by atoms with van der Waals surface area (Å²) in [5, 5.41) is 4.66. The Hall–Kier alpha value is -1.41. The second kappa shape index (κ2) is 5.78. The van der Waals surface area contributed by atoms with E-state index in [4.69, 9.17) is 0 Å². The van der Waals surface area contributed by atoms with Crippen molar-refractivity contribution in [2.24, 2.45) is 5.92 Å². The van der Waals surface area contributed by atoms with Gasteiger partial charge in [-0.05, 0) is 24.6 Å². The van der Waals surface area contributed by atoms with Crippen LogP contribution in [-0.2, 0) is 6.54 Å². The number of hydrogen-bond donors (Lipinski definition) is 1. The van der Waals surface area contributed by atoms with E-state index in [1.165, 1.54) is 11.8 Å². The van der Waals surface area contributed by atoms with Gasteiger partial charge in [-0.3, -0.25) is 4.98 Å². The molecule has 0 fully saturated rings. The topological polar surface area (TPSA) is 24.9 Å². The van der Waals surface area contributed by atoms with Gasteiger partial charge in [-0.2, -0.15) is 0 Å². The quantitative estimate of drug-likeness (QED) is 0.848. The number of nitrogens with zero attached hydrogens (tertiary/aromatic N) is 1. The lowest BCUT2D eigenvalue weighted by Crippen LogP contribution is -2.20. The molecule has 1 unspecified atom stereocenters. The molecule has 2 aromatic rings. The van der Waals surface area contributed by atoms with E-state index in [1.54, 1.807) is 0 Å². The van der Waals surface area contributed by atoms with Crippen LogP contribution in [0.1, 0.15) is 26.0 Å². The summed E-state index contributed by atoms with van der Waals surface area (Å²) in [5.74, 6) is 0.732. The summed E-state index contributed by atoms with van der Waals surface area (Å²) >= 11 is 0. The van der Waals surface area contributed by atoms with E-state index in [0.717, 1.165) is 30.2 Å². The Kier molecular flexibility index (Phi) is 4.10. The minimum absolute atomic E-state index is 0.732. The molecule has 1 aromatic carbocycles. The fourth-order valence-electron chi connectivity index (χ4n) is 1.80. The second-order valence-corrected chi connectivity index (χ2v) is 4.64. The molecular formula is C15H20N2. The van der Waals surface area contributed by atoms with Crippen molar-refractivity contribution in [2.75, 3.05) is 6.54 Å². The van der Waals surface area contributed by atoms with Crippen molar-refractivity contribution in [3.05, 3.63) is 42.1 Å². The van der Waals surface area contributed by atoms with Crippen LogP contribution in [0.25, 0.3) is 10.9 Å². The van der Waals surface area contributed by atoms with Crippen molar-refractivity contribution in [3.63, 3.8) is 0 Å². The number of rotatable bonds is 5. The highest BCUT2D eigenvalue weighted by atomic mass is 14.9. The van der Waals surface area contributed by atoms with Crippen LogP contribution in [0.15, 0.2) is 36.4 Å². The number of hydrogen-bond acceptors (Lipinski definition) is 2. The molecule has 2 nitrogen and oxygen atoms in total. The van der Waals surface area contributed by atoms with Crippen LogP contribution >= 0.6 is 0 Å². The Balaban J connectivity index is 1.99. The Bertz CT molecular complexity index is 479. The van der Waals surface area contributed by atoms with Gasteiger partial charge in [-0.25, -0.2) is 0 Å². The van der Waals surface area contributed by atoms with Crippen LogP contribution in [0.2, 0.25) is 0 Å². The van der Waals surface area contributed by atoms with Crippen LogP contribution in [0.3, 0.4) is 0 Å². The average molecular weight is 228 g/mol. The van der Waals surface area contributed by atoms with Crippen molar-refractivity contribution in [2.45, 2.75) is 26.8 Å². The molecule has 0 amide bonds. The average Bonchev–Trinajstić information content (AvgIpc) is 2.38. The lowest BCUT2D eigenvalue weighted by Gasteiger charge is -2.09. The Morgan fingerprint density at radius 1 is 1.18 bits per heavy atom. The molecule has 2 rings (SSSR count). The molecule has 0 saturated heterocycles. The minimum atomic E-state index is 0.732. The van der Waals surface area contributed by atoms with E-state index in [9.17, 15) is 0 Å². The third-order valence-corrected chi connectivity index (χ3v) is 3.15. The summed E-state index contributed by atoms with van der Waals surface area (Å²) < 4.78 is 0. The van der Waals surface area contributed by atoms with E-state index in [0.29, 0.717) is 0 Å². The molecule has 1 heterocycles. The maximum absolute atomic E-state index is 4.64. The van der Waals surface area contributed by atoms with Gasteiger partial charge in [0.15, 0.2) is 0 Å². The predicted molar refractivity (Wildman–Crippen MR) is 72.9 cm³/mol. The van der Waals surface area contributed by atoms with Gasteiger partial charge in [0, 0.05) is 11.9 Å². The lowest BCUT2D eigenvalue weighted by molar-refractivity contribution is 0.498. The fraction of sp³-hybridized carbons (Fsp3) is 0.400. The Labute approximate surface area is 103 Å². The van der Waals surface area contributed by atoms with E-state index < -0.39 is 0 Å². The van der Waals surface area contributed by atoms with Crippen LogP contribution in [0, 0.1) is 5.92 Å². The van der Waals surface area contributed by atoms with Gasteiger partial charge in [-0.1, -0.05) is 44.5 Å². The van der Waals surface area contributed by atoms with Crippen molar-refractivity contribution < 1.29 is 0 Å². The first kappa shape index (κ1) is 12.1. The molecule has 0 radical (unpaired) electrons. The fourth-order valence-corrected chi connectivity index (χ4v) is 1.80. The zero-order chi connectivity index (χ0) is 12.1. The van der Waals surface area contributed by atoms with Crippen LogP contribution in [0.5, 0.6) is 0 Å². The smallest absolute Gasteiger partial charge is 0.0705 e. The summed E-state index contributed by atoms with van der Waals surface area (Å²) in [6.07, 6.45) is 1.22. The normalized spacial score (nSPS) is 12.8. The van der Waals surface area contributed by atoms with E-state index >= 15 is 0 Å². The highest BCUT2D eigenvalue weighted by Crippen LogP contribution is 2.11. The first-order valence-corrected chi connectivity index (χ1v) is 6.35. The summed E-state index contributed by atoms with van der Waals surface area (Å²) in [7, 11) is 0. The number of fused-ring (bicyclic) bond motifs is 1. The molecule has 0 spiro atoms. The van der Waals surface area contributed by atoms with E-state index in [2.05, 4.69) is 48.4 Å². The van der Waals surface area contributed by atoms with Crippen LogP contribution < -0.4 is 5.32 Å². The molecule has 0 bridgehead atoms. The van der Waals surface area contributed by atoms with Crippen LogP contribution in [0.4, 0.5) is 0 Å². The van der Waals surface area contributed by atoms with Crippen molar-refractivity contribution >= 4 is 10.9 Å². The van der Waals surface area contributed by atoms with Gasteiger partial charge < -0.3 is 5.32 Å². The molecule has 1 atom stereocenters. The number of nitrogens with one attached hydrogen (secondary N) is 1. The van der Waals surface area contributed by atoms with E-state index in [-0.39, 0.29) is 0 Å². The van der Waals surface area contributed by atoms with Crippen LogP contribution in [-0.4, -0.2) is 11.5 Å². The van der Waals surface area contributed by atoms with Crippen molar-refractivity contribution in [1.82, 2.24) is 10.3 Å². The number of pyridine rings is 1. The number of para-hydroxylation sites is 1. The molecule has 17 heavy (non-hydrogen) atoms. The summed E-state index contributed by atoms with van der Waals surface area (Å²) in [4.78, 5) is 4.64. The van der Waals surface area contributed by atoms with Gasteiger partial charge >= 0.3 is 0 Å². The van der Waals surface area contributed by atoms with Gasteiger partial charge in [0.25, 0.3) is 0 Å². The number of benzene rings is 1.